The standard InChI is InChI=1S/C26H33N11O/c1-15-13-37-14-21(32-23(37)20(30-15)12-29-26(27)28)33-24(38)18-4-3-5-19-22(18)34-35(2)25(19)36-10-8-17(9-11-36)31-16-6-7-16/h3-5,13-14,16-17,31H,6-12H2,1-2H3,(H,33,38)(H4,27,28,29). The number of piperidine rings is 1. The van der Waals surface area contributed by atoms with Crippen LogP contribution in [0.4, 0.5) is 11.6 Å². The lowest BCUT2D eigenvalue weighted by Crippen LogP contribution is -2.43. The third-order valence-electron chi connectivity index (χ3n) is 7.20. The first-order chi connectivity index (χ1) is 18.4. The van der Waals surface area contributed by atoms with E-state index in [2.05, 4.69) is 30.5 Å². The second-order valence-corrected chi connectivity index (χ2v) is 10.2. The first kappa shape index (κ1) is 24.2. The summed E-state index contributed by atoms with van der Waals surface area (Å²) in [6, 6.07) is 7.06. The van der Waals surface area contributed by atoms with E-state index in [9.17, 15) is 4.79 Å². The van der Waals surface area contributed by atoms with E-state index in [1.807, 2.05) is 41.4 Å². The van der Waals surface area contributed by atoms with Crippen LogP contribution < -0.4 is 27.0 Å². The van der Waals surface area contributed by atoms with Crippen molar-refractivity contribution >= 4 is 40.1 Å². The van der Waals surface area contributed by atoms with Gasteiger partial charge in [-0.3, -0.25) is 14.5 Å². The quantitative estimate of drug-likeness (QED) is 0.214. The zero-order valence-electron chi connectivity index (χ0n) is 21.7. The van der Waals surface area contributed by atoms with Crippen molar-refractivity contribution < 1.29 is 4.79 Å². The van der Waals surface area contributed by atoms with Crippen molar-refractivity contribution in [2.75, 3.05) is 23.3 Å². The highest BCUT2D eigenvalue weighted by molar-refractivity contribution is 6.13. The molecule has 3 aromatic heterocycles. The molecule has 38 heavy (non-hydrogen) atoms. The fourth-order valence-corrected chi connectivity index (χ4v) is 5.32. The van der Waals surface area contributed by atoms with Crippen LogP contribution in [-0.2, 0) is 13.6 Å². The van der Waals surface area contributed by atoms with Gasteiger partial charge in [0.2, 0.25) is 0 Å². The van der Waals surface area contributed by atoms with Crippen LogP contribution in [0.1, 0.15) is 47.4 Å². The Balaban J connectivity index is 1.24. The highest BCUT2D eigenvalue weighted by Gasteiger charge is 2.29. The van der Waals surface area contributed by atoms with Crippen molar-refractivity contribution in [3.05, 3.63) is 47.5 Å². The molecule has 1 aliphatic carbocycles. The fourth-order valence-electron chi connectivity index (χ4n) is 5.32. The number of rotatable bonds is 7. The molecule has 0 bridgehead atoms. The van der Waals surface area contributed by atoms with Crippen LogP contribution in [0.3, 0.4) is 0 Å². The summed E-state index contributed by atoms with van der Waals surface area (Å²) in [6.07, 6.45) is 8.42. The molecule has 198 valence electrons. The molecule has 6 rings (SSSR count). The van der Waals surface area contributed by atoms with Gasteiger partial charge in [0.05, 0.1) is 24.0 Å². The zero-order valence-corrected chi connectivity index (χ0v) is 21.7. The van der Waals surface area contributed by atoms with E-state index < -0.39 is 0 Å². The monoisotopic (exact) mass is 515 g/mol. The van der Waals surface area contributed by atoms with Gasteiger partial charge in [-0.2, -0.15) is 5.10 Å². The van der Waals surface area contributed by atoms with Crippen LogP contribution in [0.2, 0.25) is 0 Å². The lowest BCUT2D eigenvalue weighted by atomic mass is 10.0. The normalized spacial score (nSPS) is 16.3. The average Bonchev–Trinajstić information content (AvgIpc) is 3.50. The highest BCUT2D eigenvalue weighted by Crippen LogP contribution is 2.31. The van der Waals surface area contributed by atoms with Gasteiger partial charge in [-0.15, -0.1) is 0 Å². The second-order valence-electron chi connectivity index (χ2n) is 10.2. The molecule has 1 saturated heterocycles. The molecule has 2 fully saturated rings. The van der Waals surface area contributed by atoms with E-state index >= 15 is 0 Å². The van der Waals surface area contributed by atoms with Gasteiger partial charge in [0.1, 0.15) is 17.0 Å². The number of carbonyl (C=O) groups is 1. The Labute approximate surface area is 220 Å². The van der Waals surface area contributed by atoms with Gasteiger partial charge >= 0.3 is 0 Å². The number of guanidine groups is 1. The summed E-state index contributed by atoms with van der Waals surface area (Å²) in [6.45, 7) is 4.00. The van der Waals surface area contributed by atoms with Crippen LogP contribution in [0.5, 0.6) is 0 Å². The predicted octanol–water partition coefficient (Wildman–Crippen LogP) is 1.67. The van der Waals surface area contributed by atoms with Gasteiger partial charge in [0.25, 0.3) is 5.91 Å². The molecular formula is C26H33N11O. The van der Waals surface area contributed by atoms with E-state index in [1.165, 1.54) is 12.8 Å². The molecule has 0 radical (unpaired) electrons. The molecule has 2 aliphatic rings. The maximum absolute atomic E-state index is 13.4. The first-order valence-electron chi connectivity index (χ1n) is 13.0. The average molecular weight is 516 g/mol. The number of aromatic nitrogens is 5. The Bertz CT molecular complexity index is 1540. The summed E-state index contributed by atoms with van der Waals surface area (Å²) in [4.78, 5) is 29.0. The Hall–Kier alpha value is -4.19. The molecule has 1 aliphatic heterocycles. The maximum atomic E-state index is 13.4. The molecule has 6 N–H and O–H groups in total. The van der Waals surface area contributed by atoms with Crippen LogP contribution in [0.15, 0.2) is 35.6 Å². The number of hydrogen-bond acceptors (Lipinski definition) is 7. The van der Waals surface area contributed by atoms with Crippen molar-refractivity contribution in [1.29, 1.82) is 0 Å². The SMILES string of the molecule is Cc1cn2cc(NC(=O)c3cccc4c(N5CCC(NC6CC6)CC5)n(C)nc34)nc2c(CN=C(N)N)n1. The third kappa shape index (κ3) is 4.74. The van der Waals surface area contributed by atoms with Crippen LogP contribution >= 0.6 is 0 Å². The number of nitrogens with zero attached hydrogens (tertiary/aromatic N) is 7. The Kier molecular flexibility index (Phi) is 6.10. The Morgan fingerprint density at radius 1 is 1.11 bits per heavy atom. The highest BCUT2D eigenvalue weighted by atomic mass is 16.1. The smallest absolute Gasteiger partial charge is 0.259 e. The van der Waals surface area contributed by atoms with Crippen LogP contribution in [0.25, 0.3) is 16.6 Å². The van der Waals surface area contributed by atoms with Crippen molar-refractivity contribution in [3.63, 3.8) is 0 Å². The number of fused-ring (bicyclic) bond motifs is 2. The lowest BCUT2D eigenvalue weighted by Gasteiger charge is -2.34. The number of benzene rings is 1. The van der Waals surface area contributed by atoms with E-state index in [0.717, 1.165) is 48.9 Å². The van der Waals surface area contributed by atoms with E-state index in [0.29, 0.717) is 34.3 Å². The molecule has 0 atom stereocenters. The largest absolute Gasteiger partial charge is 0.370 e. The summed E-state index contributed by atoms with van der Waals surface area (Å²) in [5.41, 5.74) is 14.1. The number of anilines is 2. The van der Waals surface area contributed by atoms with Gasteiger partial charge in [-0.1, -0.05) is 6.07 Å². The summed E-state index contributed by atoms with van der Waals surface area (Å²) in [5, 5.41) is 12.4. The fraction of sp³-hybridized carbons (Fsp3) is 0.423. The summed E-state index contributed by atoms with van der Waals surface area (Å²) < 4.78 is 3.71. The molecule has 12 heteroatoms. The Morgan fingerprint density at radius 2 is 1.87 bits per heavy atom. The summed E-state index contributed by atoms with van der Waals surface area (Å²) in [5.74, 6) is 1.17. The molecule has 12 nitrogen and oxygen atoms in total. The summed E-state index contributed by atoms with van der Waals surface area (Å²) in [7, 11) is 1.95. The Morgan fingerprint density at radius 3 is 2.61 bits per heavy atom. The number of nitrogens with two attached hydrogens (primary N) is 2. The third-order valence-corrected chi connectivity index (χ3v) is 7.20. The lowest BCUT2D eigenvalue weighted by molar-refractivity contribution is 0.102. The van der Waals surface area contributed by atoms with Gasteiger partial charge in [0, 0.05) is 43.8 Å². The number of aliphatic imine (C=N–C) groups is 1. The molecule has 0 unspecified atom stereocenters. The molecule has 0 spiro atoms. The zero-order chi connectivity index (χ0) is 26.4. The molecule has 1 amide bonds. The minimum absolute atomic E-state index is 0.0198. The maximum Gasteiger partial charge on any atom is 0.259 e. The van der Waals surface area contributed by atoms with E-state index in [1.54, 1.807) is 12.3 Å². The van der Waals surface area contributed by atoms with Crippen LogP contribution in [-0.4, -0.2) is 61.2 Å². The number of amides is 1. The van der Waals surface area contributed by atoms with Crippen molar-refractivity contribution in [3.8, 4) is 0 Å². The molecular weight excluding hydrogens is 482 g/mol. The van der Waals surface area contributed by atoms with Gasteiger partial charge in [-0.25, -0.2) is 9.98 Å². The number of aryl methyl sites for hydroxylation is 2. The first-order valence-corrected chi connectivity index (χ1v) is 13.0. The van der Waals surface area contributed by atoms with E-state index in [4.69, 9.17) is 16.6 Å². The van der Waals surface area contributed by atoms with Gasteiger partial charge in [0.15, 0.2) is 17.4 Å². The predicted molar refractivity (Wildman–Crippen MR) is 147 cm³/mol. The minimum Gasteiger partial charge on any atom is -0.370 e. The topological polar surface area (TPSA) is 157 Å². The molecule has 4 heterocycles. The molecule has 1 aromatic carbocycles. The number of carbonyl (C=O) groups excluding carboxylic acids is 1. The van der Waals surface area contributed by atoms with Crippen molar-refractivity contribution in [2.45, 2.75) is 51.2 Å². The minimum atomic E-state index is -0.272. The number of hydrogen-bond donors (Lipinski definition) is 4. The molecule has 4 aromatic rings. The van der Waals surface area contributed by atoms with Crippen LogP contribution in [0, 0.1) is 6.92 Å². The number of nitrogens with one attached hydrogen (secondary N) is 2. The van der Waals surface area contributed by atoms with Gasteiger partial charge < -0.3 is 31.4 Å². The molecule has 1 saturated carbocycles. The summed E-state index contributed by atoms with van der Waals surface area (Å²) >= 11 is 0. The number of imidazole rings is 1. The second kappa shape index (κ2) is 9.60. The van der Waals surface area contributed by atoms with Gasteiger partial charge in [-0.05, 0) is 44.7 Å². The van der Waals surface area contributed by atoms with E-state index in [-0.39, 0.29) is 18.4 Å². The van der Waals surface area contributed by atoms with Crippen molar-refractivity contribution in [2.24, 2.45) is 23.5 Å². The van der Waals surface area contributed by atoms with Crippen molar-refractivity contribution in [1.82, 2.24) is 29.5 Å².